The van der Waals surface area contributed by atoms with Crippen molar-refractivity contribution >= 4 is 22.3 Å². The molecule has 0 amide bonds. The van der Waals surface area contributed by atoms with Crippen molar-refractivity contribution in [3.05, 3.63) is 66.5 Å². The molecule has 0 saturated carbocycles. The third kappa shape index (κ3) is 3.73. The summed E-state index contributed by atoms with van der Waals surface area (Å²) in [6, 6.07) is 10.7. The van der Waals surface area contributed by atoms with Crippen LogP contribution in [0.3, 0.4) is 0 Å². The van der Waals surface area contributed by atoms with Crippen LogP contribution < -0.4 is 16.4 Å². The maximum Gasteiger partial charge on any atom is 0.135 e. The monoisotopic (exact) mass is 432 g/mol. The predicted octanol–water partition coefficient (Wildman–Crippen LogP) is 4.15. The molecule has 162 valence electrons. The van der Waals surface area contributed by atoms with Crippen LogP contribution in [0.25, 0.3) is 33.5 Å². The highest BCUT2D eigenvalue weighted by atomic mass is 19.1. The molecule has 0 radical (unpaired) electrons. The molecular weight excluding hydrogens is 410 g/mol. The average Bonchev–Trinajstić information content (AvgIpc) is 2.79. The summed E-state index contributed by atoms with van der Waals surface area (Å²) in [5.74, 6) is -1.33. The van der Waals surface area contributed by atoms with Gasteiger partial charge in [-0.2, -0.15) is 0 Å². The van der Waals surface area contributed by atoms with Gasteiger partial charge in [-0.1, -0.05) is 0 Å². The summed E-state index contributed by atoms with van der Waals surface area (Å²) < 4.78 is 27.6. The molecule has 5 rings (SSSR count). The van der Waals surface area contributed by atoms with E-state index in [1.807, 2.05) is 12.1 Å². The maximum atomic E-state index is 14.3. The van der Waals surface area contributed by atoms with Crippen molar-refractivity contribution in [2.75, 3.05) is 23.7 Å². The second kappa shape index (κ2) is 8.12. The summed E-state index contributed by atoms with van der Waals surface area (Å²) in [4.78, 5) is 15.8. The number of benzene rings is 1. The van der Waals surface area contributed by atoms with Crippen LogP contribution in [0.1, 0.15) is 12.8 Å². The zero-order chi connectivity index (χ0) is 22.2. The van der Waals surface area contributed by atoms with E-state index in [2.05, 4.69) is 19.9 Å². The second-order valence-corrected chi connectivity index (χ2v) is 8.02. The summed E-state index contributed by atoms with van der Waals surface area (Å²) >= 11 is 0. The van der Waals surface area contributed by atoms with Gasteiger partial charge < -0.3 is 16.4 Å². The Balaban J connectivity index is 1.61. The first-order chi connectivity index (χ1) is 15.5. The van der Waals surface area contributed by atoms with E-state index in [1.165, 1.54) is 12.1 Å². The van der Waals surface area contributed by atoms with Gasteiger partial charge in [-0.15, -0.1) is 0 Å². The number of rotatable bonds is 3. The molecule has 1 atom stereocenters. The number of hydrogen-bond donors (Lipinski definition) is 2. The standard InChI is InChI=1S/C24H22F2N6/c25-14-3-4-16(18(26)10-14)20-6-5-19(28)24(31-20)21-11-17-22(12-30-21)29-8-7-23(17)32-9-1-2-15(27)13-32/h3-8,10-12,15H,1-2,9,13,27-28H2/t15-/m0/s1. The largest absolute Gasteiger partial charge is 0.397 e. The lowest BCUT2D eigenvalue weighted by Gasteiger charge is -2.33. The molecule has 0 spiro atoms. The van der Waals surface area contributed by atoms with Crippen molar-refractivity contribution in [2.45, 2.75) is 18.9 Å². The first-order valence-corrected chi connectivity index (χ1v) is 10.5. The maximum absolute atomic E-state index is 14.3. The molecular formula is C24H22F2N6. The highest BCUT2D eigenvalue weighted by Crippen LogP contribution is 2.33. The predicted molar refractivity (Wildman–Crippen MR) is 122 cm³/mol. The number of aromatic nitrogens is 3. The van der Waals surface area contributed by atoms with Gasteiger partial charge in [0, 0.05) is 48.0 Å². The minimum atomic E-state index is -0.687. The lowest BCUT2D eigenvalue weighted by atomic mass is 10.0. The number of hydrogen-bond acceptors (Lipinski definition) is 6. The van der Waals surface area contributed by atoms with E-state index in [9.17, 15) is 8.78 Å². The molecule has 4 heterocycles. The zero-order valence-corrected chi connectivity index (χ0v) is 17.3. The van der Waals surface area contributed by atoms with Gasteiger partial charge in [0.05, 0.1) is 28.8 Å². The molecule has 0 bridgehead atoms. The minimum absolute atomic E-state index is 0.132. The summed E-state index contributed by atoms with van der Waals surface area (Å²) in [5, 5.41) is 0.922. The van der Waals surface area contributed by atoms with E-state index in [4.69, 9.17) is 11.5 Å². The van der Waals surface area contributed by atoms with Crippen LogP contribution >= 0.6 is 0 Å². The highest BCUT2D eigenvalue weighted by molar-refractivity contribution is 5.94. The zero-order valence-electron chi connectivity index (χ0n) is 17.3. The van der Waals surface area contributed by atoms with E-state index >= 15 is 0 Å². The van der Waals surface area contributed by atoms with Gasteiger partial charge in [-0.25, -0.2) is 13.8 Å². The summed E-state index contributed by atoms with van der Waals surface area (Å²) in [5.41, 5.74) is 16.1. The Hall–Kier alpha value is -3.65. The first-order valence-electron chi connectivity index (χ1n) is 10.5. The Labute approximate surface area is 183 Å². The van der Waals surface area contributed by atoms with Crippen molar-refractivity contribution in [1.82, 2.24) is 15.0 Å². The fourth-order valence-electron chi connectivity index (χ4n) is 4.19. The molecule has 1 fully saturated rings. The molecule has 1 aliphatic rings. The third-order valence-electron chi connectivity index (χ3n) is 5.78. The summed E-state index contributed by atoms with van der Waals surface area (Å²) in [6.45, 7) is 1.70. The van der Waals surface area contributed by atoms with E-state index in [0.29, 0.717) is 22.8 Å². The van der Waals surface area contributed by atoms with Gasteiger partial charge in [0.25, 0.3) is 0 Å². The topological polar surface area (TPSA) is 94.0 Å². The van der Waals surface area contributed by atoms with Gasteiger partial charge in [0.2, 0.25) is 0 Å². The second-order valence-electron chi connectivity index (χ2n) is 8.02. The Bertz CT molecular complexity index is 1310. The van der Waals surface area contributed by atoms with Gasteiger partial charge in [-0.3, -0.25) is 9.97 Å². The average molecular weight is 432 g/mol. The van der Waals surface area contributed by atoms with Crippen molar-refractivity contribution in [2.24, 2.45) is 5.73 Å². The molecule has 4 aromatic rings. The summed E-state index contributed by atoms with van der Waals surface area (Å²) in [7, 11) is 0. The number of nitrogens with zero attached hydrogens (tertiary/aromatic N) is 4. The number of piperidine rings is 1. The minimum Gasteiger partial charge on any atom is -0.397 e. The van der Waals surface area contributed by atoms with Gasteiger partial charge in [-0.05, 0) is 49.2 Å². The fourth-order valence-corrected chi connectivity index (χ4v) is 4.19. The molecule has 4 N–H and O–H groups in total. The number of pyridine rings is 3. The third-order valence-corrected chi connectivity index (χ3v) is 5.78. The van der Waals surface area contributed by atoms with Crippen LogP contribution in [0, 0.1) is 11.6 Å². The quantitative estimate of drug-likeness (QED) is 0.505. The smallest absolute Gasteiger partial charge is 0.135 e. The number of nitrogens with two attached hydrogens (primary N) is 2. The lowest BCUT2D eigenvalue weighted by molar-refractivity contribution is 0.507. The fraction of sp³-hybridized carbons (Fsp3) is 0.208. The molecule has 1 aliphatic heterocycles. The van der Waals surface area contributed by atoms with Crippen LogP contribution in [0.5, 0.6) is 0 Å². The van der Waals surface area contributed by atoms with Crippen LogP contribution in [-0.4, -0.2) is 34.1 Å². The normalized spacial score (nSPS) is 16.5. The molecule has 32 heavy (non-hydrogen) atoms. The SMILES string of the molecule is Nc1ccc(-c2ccc(F)cc2F)nc1-c1cc2c(N3CCC[C@H](N)C3)ccnc2cn1. The van der Waals surface area contributed by atoms with Crippen LogP contribution in [0.15, 0.2) is 54.9 Å². The molecule has 0 unspecified atom stereocenters. The van der Waals surface area contributed by atoms with E-state index in [1.54, 1.807) is 24.5 Å². The van der Waals surface area contributed by atoms with Gasteiger partial charge in [0.1, 0.15) is 17.3 Å². The van der Waals surface area contributed by atoms with Crippen molar-refractivity contribution in [3.8, 4) is 22.6 Å². The lowest BCUT2D eigenvalue weighted by Crippen LogP contribution is -2.42. The molecule has 3 aromatic heterocycles. The van der Waals surface area contributed by atoms with Crippen LogP contribution in [0.4, 0.5) is 20.2 Å². The number of anilines is 2. The Morgan fingerprint density at radius 3 is 2.69 bits per heavy atom. The van der Waals surface area contributed by atoms with Crippen molar-refractivity contribution in [3.63, 3.8) is 0 Å². The molecule has 1 aromatic carbocycles. The molecule has 8 heteroatoms. The van der Waals surface area contributed by atoms with E-state index < -0.39 is 11.6 Å². The number of nitrogen functional groups attached to an aromatic ring is 1. The number of fused-ring (bicyclic) bond motifs is 1. The van der Waals surface area contributed by atoms with Gasteiger partial charge in [0.15, 0.2) is 0 Å². The Kier molecular flexibility index (Phi) is 5.14. The summed E-state index contributed by atoms with van der Waals surface area (Å²) in [6.07, 6.45) is 5.50. The first kappa shape index (κ1) is 20.3. The molecule has 0 aliphatic carbocycles. The highest BCUT2D eigenvalue weighted by Gasteiger charge is 2.20. The van der Waals surface area contributed by atoms with Crippen LogP contribution in [0.2, 0.25) is 0 Å². The molecule has 1 saturated heterocycles. The van der Waals surface area contributed by atoms with Crippen molar-refractivity contribution in [1.29, 1.82) is 0 Å². The van der Waals surface area contributed by atoms with E-state index in [-0.39, 0.29) is 11.6 Å². The Morgan fingerprint density at radius 2 is 1.88 bits per heavy atom. The van der Waals surface area contributed by atoms with Gasteiger partial charge >= 0.3 is 0 Å². The number of halogens is 2. The Morgan fingerprint density at radius 1 is 1.00 bits per heavy atom. The van der Waals surface area contributed by atoms with E-state index in [0.717, 1.165) is 48.6 Å². The van der Waals surface area contributed by atoms with Crippen LogP contribution in [-0.2, 0) is 0 Å². The van der Waals surface area contributed by atoms with Crippen molar-refractivity contribution < 1.29 is 8.78 Å². The molecule has 6 nitrogen and oxygen atoms in total.